The molecule has 0 radical (unpaired) electrons. The van der Waals surface area contributed by atoms with Gasteiger partial charge in [0.2, 0.25) is 5.82 Å². The summed E-state index contributed by atoms with van der Waals surface area (Å²) >= 11 is 1.38. The van der Waals surface area contributed by atoms with Gasteiger partial charge in [0, 0.05) is 27.3 Å². The maximum Gasteiger partial charge on any atom is 0.263 e. The first-order chi connectivity index (χ1) is 11.5. The fourth-order valence-corrected chi connectivity index (χ4v) is 3.75. The van der Waals surface area contributed by atoms with Crippen molar-refractivity contribution in [2.75, 3.05) is 14.1 Å². The Morgan fingerprint density at radius 2 is 2.08 bits per heavy atom. The Hall–Kier alpha value is -2.81. The fraction of sp³-hybridized carbons (Fsp3) is 0.267. The SMILES string of the molecule is Cc1c(C(=O)N(C)C)sc2ncn3nc(-c4ccn(C)n4)nc3c12. The predicted octanol–water partition coefficient (Wildman–Crippen LogP) is 1.75. The maximum absolute atomic E-state index is 12.4. The Kier molecular flexibility index (Phi) is 3.14. The first kappa shape index (κ1) is 14.8. The number of aromatic nitrogens is 6. The van der Waals surface area contributed by atoms with Crippen molar-refractivity contribution in [2.24, 2.45) is 7.05 Å². The number of nitrogens with zero attached hydrogens (tertiary/aromatic N) is 7. The molecule has 4 aromatic heterocycles. The van der Waals surface area contributed by atoms with Crippen LogP contribution in [0.5, 0.6) is 0 Å². The van der Waals surface area contributed by atoms with E-state index in [0.29, 0.717) is 22.0 Å². The molecule has 4 rings (SSSR count). The summed E-state index contributed by atoms with van der Waals surface area (Å²) in [5, 5.41) is 9.65. The van der Waals surface area contributed by atoms with E-state index in [9.17, 15) is 4.79 Å². The van der Waals surface area contributed by atoms with E-state index in [-0.39, 0.29) is 5.91 Å². The summed E-state index contributed by atoms with van der Waals surface area (Å²) in [5.41, 5.74) is 2.27. The van der Waals surface area contributed by atoms with Gasteiger partial charge in [-0.15, -0.1) is 16.4 Å². The van der Waals surface area contributed by atoms with Crippen molar-refractivity contribution in [2.45, 2.75) is 6.92 Å². The van der Waals surface area contributed by atoms with Gasteiger partial charge >= 0.3 is 0 Å². The van der Waals surface area contributed by atoms with E-state index in [1.807, 2.05) is 26.2 Å². The van der Waals surface area contributed by atoms with Gasteiger partial charge in [-0.3, -0.25) is 9.48 Å². The Balaban J connectivity index is 1.97. The van der Waals surface area contributed by atoms with Crippen LogP contribution >= 0.6 is 11.3 Å². The van der Waals surface area contributed by atoms with E-state index in [1.54, 1.807) is 34.5 Å². The van der Waals surface area contributed by atoms with Gasteiger partial charge in [-0.05, 0) is 18.6 Å². The van der Waals surface area contributed by atoms with Gasteiger partial charge in [0.05, 0.1) is 10.3 Å². The lowest BCUT2D eigenvalue weighted by atomic mass is 10.2. The molecule has 0 aliphatic rings. The number of carbonyl (C=O) groups is 1. The molecule has 122 valence electrons. The number of aryl methyl sites for hydroxylation is 2. The highest BCUT2D eigenvalue weighted by atomic mass is 32.1. The van der Waals surface area contributed by atoms with E-state index in [0.717, 1.165) is 15.8 Å². The summed E-state index contributed by atoms with van der Waals surface area (Å²) < 4.78 is 3.34. The average molecular weight is 341 g/mol. The molecule has 0 spiro atoms. The second-order valence-corrected chi connectivity index (χ2v) is 6.76. The van der Waals surface area contributed by atoms with Crippen molar-refractivity contribution < 1.29 is 4.79 Å². The Labute approximate surface area is 141 Å². The standard InChI is InChI=1S/C15H15N7OS/c1-8-10-13-17-12(9-5-6-21(4)18-9)19-22(13)7-16-14(10)24-11(8)15(23)20(2)3/h5-7H,1-4H3. The molecule has 0 fully saturated rings. The van der Waals surface area contributed by atoms with Crippen LogP contribution < -0.4 is 0 Å². The van der Waals surface area contributed by atoms with Crippen molar-refractivity contribution in [3.63, 3.8) is 0 Å². The summed E-state index contributed by atoms with van der Waals surface area (Å²) in [5.74, 6) is 0.508. The predicted molar refractivity (Wildman–Crippen MR) is 91.1 cm³/mol. The Morgan fingerprint density at radius 1 is 1.29 bits per heavy atom. The lowest BCUT2D eigenvalue weighted by Crippen LogP contribution is -2.21. The zero-order valence-electron chi connectivity index (χ0n) is 13.7. The molecule has 4 aromatic rings. The Bertz CT molecular complexity index is 1090. The Morgan fingerprint density at radius 3 is 2.75 bits per heavy atom. The number of hydrogen-bond donors (Lipinski definition) is 0. The topological polar surface area (TPSA) is 81.2 Å². The molecule has 9 heteroatoms. The third kappa shape index (κ3) is 2.08. The van der Waals surface area contributed by atoms with Gasteiger partial charge in [0.15, 0.2) is 5.65 Å². The molecule has 0 aliphatic heterocycles. The molecule has 0 saturated carbocycles. The number of hydrogen-bond acceptors (Lipinski definition) is 6. The van der Waals surface area contributed by atoms with Gasteiger partial charge in [-0.2, -0.15) is 5.10 Å². The largest absolute Gasteiger partial charge is 0.344 e. The summed E-state index contributed by atoms with van der Waals surface area (Å²) in [6.07, 6.45) is 3.47. The molecule has 24 heavy (non-hydrogen) atoms. The lowest BCUT2D eigenvalue weighted by Gasteiger charge is -2.08. The maximum atomic E-state index is 12.4. The molecule has 4 heterocycles. The van der Waals surface area contributed by atoms with Gasteiger partial charge < -0.3 is 4.90 Å². The summed E-state index contributed by atoms with van der Waals surface area (Å²) in [4.78, 5) is 24.4. The van der Waals surface area contributed by atoms with E-state index >= 15 is 0 Å². The number of thiophene rings is 1. The molecular weight excluding hydrogens is 326 g/mol. The molecule has 8 nitrogen and oxygen atoms in total. The van der Waals surface area contributed by atoms with Crippen LogP contribution in [0.2, 0.25) is 0 Å². The molecule has 0 bridgehead atoms. The van der Waals surface area contributed by atoms with Crippen LogP contribution in [0.25, 0.3) is 27.4 Å². The highest BCUT2D eigenvalue weighted by Crippen LogP contribution is 2.32. The van der Waals surface area contributed by atoms with Crippen LogP contribution in [-0.4, -0.2) is 54.3 Å². The number of fused-ring (bicyclic) bond motifs is 3. The summed E-state index contributed by atoms with van der Waals surface area (Å²) in [6, 6.07) is 1.86. The first-order valence-corrected chi connectivity index (χ1v) is 8.13. The number of rotatable bonds is 2. The molecular formula is C15H15N7OS. The lowest BCUT2D eigenvalue weighted by molar-refractivity contribution is 0.0831. The van der Waals surface area contributed by atoms with Gasteiger partial charge in [-0.25, -0.2) is 14.5 Å². The zero-order chi connectivity index (χ0) is 17.0. The molecule has 0 aliphatic carbocycles. The fourth-order valence-electron chi connectivity index (χ4n) is 2.58. The minimum atomic E-state index is -0.0295. The number of carbonyl (C=O) groups excluding carboxylic acids is 1. The van der Waals surface area contributed by atoms with Crippen molar-refractivity contribution in [1.82, 2.24) is 34.3 Å². The van der Waals surface area contributed by atoms with E-state index in [4.69, 9.17) is 0 Å². The van der Waals surface area contributed by atoms with Gasteiger partial charge in [0.25, 0.3) is 5.91 Å². The van der Waals surface area contributed by atoms with Gasteiger partial charge in [0.1, 0.15) is 16.9 Å². The number of amides is 1. The smallest absolute Gasteiger partial charge is 0.263 e. The van der Waals surface area contributed by atoms with Crippen molar-refractivity contribution >= 4 is 33.1 Å². The molecule has 0 atom stereocenters. The molecule has 0 unspecified atom stereocenters. The molecule has 1 amide bonds. The van der Waals surface area contributed by atoms with E-state index < -0.39 is 0 Å². The highest BCUT2D eigenvalue weighted by molar-refractivity contribution is 7.20. The molecule has 0 aromatic carbocycles. The van der Waals surface area contributed by atoms with Crippen LogP contribution in [0.4, 0.5) is 0 Å². The summed E-state index contributed by atoms with van der Waals surface area (Å²) in [6.45, 7) is 1.92. The third-order valence-corrected chi connectivity index (χ3v) is 5.00. The second-order valence-electron chi connectivity index (χ2n) is 5.76. The average Bonchev–Trinajstić information content (AvgIpc) is 3.22. The minimum Gasteiger partial charge on any atom is -0.344 e. The zero-order valence-corrected chi connectivity index (χ0v) is 14.5. The van der Waals surface area contributed by atoms with Crippen LogP contribution in [0, 0.1) is 6.92 Å². The second kappa shape index (κ2) is 5.10. The van der Waals surface area contributed by atoms with E-state index in [2.05, 4.69) is 20.2 Å². The molecule has 0 N–H and O–H groups in total. The van der Waals surface area contributed by atoms with Crippen LogP contribution in [-0.2, 0) is 7.05 Å². The van der Waals surface area contributed by atoms with Crippen molar-refractivity contribution in [1.29, 1.82) is 0 Å². The van der Waals surface area contributed by atoms with Crippen molar-refractivity contribution in [3.05, 3.63) is 29.0 Å². The normalized spacial score (nSPS) is 11.5. The quantitative estimate of drug-likeness (QED) is 0.555. The van der Waals surface area contributed by atoms with E-state index in [1.165, 1.54) is 11.3 Å². The third-order valence-electron chi connectivity index (χ3n) is 3.81. The monoisotopic (exact) mass is 341 g/mol. The molecule has 0 saturated heterocycles. The van der Waals surface area contributed by atoms with Gasteiger partial charge in [-0.1, -0.05) is 0 Å². The minimum absolute atomic E-state index is 0.0295. The van der Waals surface area contributed by atoms with Crippen LogP contribution in [0.1, 0.15) is 15.2 Å². The highest BCUT2D eigenvalue weighted by Gasteiger charge is 2.21. The van der Waals surface area contributed by atoms with Crippen LogP contribution in [0.15, 0.2) is 18.6 Å². The summed E-state index contributed by atoms with van der Waals surface area (Å²) in [7, 11) is 5.33. The van der Waals surface area contributed by atoms with Crippen molar-refractivity contribution in [3.8, 4) is 11.5 Å². The first-order valence-electron chi connectivity index (χ1n) is 7.32. The van der Waals surface area contributed by atoms with Crippen LogP contribution in [0.3, 0.4) is 0 Å².